The Hall–Kier alpha value is -1.68. The lowest BCUT2D eigenvalue weighted by Crippen LogP contribution is -3.10. The molecule has 3 rings (SSSR count). The molecule has 1 fully saturated rings. The monoisotopic (exact) mass is 360 g/mol. The number of nitrogens with zero attached hydrogens (tertiary/aromatic N) is 1. The molecule has 1 atom stereocenters. The van der Waals surface area contributed by atoms with Crippen molar-refractivity contribution in [3.8, 4) is 6.07 Å². The summed E-state index contributed by atoms with van der Waals surface area (Å²) in [4.78, 5) is 16.3. The standard InChI is InChI=1S/C18H21N3OS2/c1-18(13-19,14-6-7-14)20-17(22)12-21(10-15-4-2-8-23-15)11-16-5-3-9-24-16/h2-5,8-9,14H,6-7,10-12H2,1H3,(H,20,22)/p+1/t18-/m1/s1. The van der Waals surface area contributed by atoms with Gasteiger partial charge < -0.3 is 10.2 Å². The highest BCUT2D eigenvalue weighted by atomic mass is 32.1. The van der Waals surface area contributed by atoms with Crippen LogP contribution in [0.15, 0.2) is 35.0 Å². The maximum Gasteiger partial charge on any atom is 0.276 e. The van der Waals surface area contributed by atoms with E-state index in [1.165, 1.54) is 14.7 Å². The van der Waals surface area contributed by atoms with Crippen molar-refractivity contribution in [3.05, 3.63) is 44.8 Å². The summed E-state index contributed by atoms with van der Waals surface area (Å²) in [6.45, 7) is 3.89. The highest BCUT2D eigenvalue weighted by molar-refractivity contribution is 7.10. The molecule has 0 bridgehead atoms. The van der Waals surface area contributed by atoms with E-state index in [9.17, 15) is 10.1 Å². The molecular formula is C18H22N3OS2+. The minimum atomic E-state index is -0.714. The molecule has 1 amide bonds. The zero-order valence-electron chi connectivity index (χ0n) is 13.7. The number of carbonyl (C=O) groups excluding carboxylic acids is 1. The Morgan fingerprint density at radius 2 is 1.88 bits per heavy atom. The van der Waals surface area contributed by atoms with Crippen molar-refractivity contribution < 1.29 is 9.69 Å². The number of thiophene rings is 2. The number of hydrogen-bond acceptors (Lipinski definition) is 4. The maximum atomic E-state index is 12.5. The Kier molecular flexibility index (Phi) is 5.34. The minimum absolute atomic E-state index is 0.0333. The molecule has 4 nitrogen and oxygen atoms in total. The number of nitriles is 1. The van der Waals surface area contributed by atoms with Gasteiger partial charge in [0, 0.05) is 0 Å². The Morgan fingerprint density at radius 3 is 2.29 bits per heavy atom. The van der Waals surface area contributed by atoms with Crippen LogP contribution in [-0.4, -0.2) is 18.0 Å². The first-order valence-electron chi connectivity index (χ1n) is 8.19. The van der Waals surface area contributed by atoms with Gasteiger partial charge in [0.15, 0.2) is 6.54 Å². The molecule has 1 aliphatic rings. The van der Waals surface area contributed by atoms with Crippen molar-refractivity contribution in [2.24, 2.45) is 5.92 Å². The van der Waals surface area contributed by atoms with Gasteiger partial charge in [-0.15, -0.1) is 22.7 Å². The third kappa shape index (κ3) is 4.44. The lowest BCUT2D eigenvalue weighted by atomic mass is 9.98. The molecule has 24 heavy (non-hydrogen) atoms. The van der Waals surface area contributed by atoms with Gasteiger partial charge in [0.2, 0.25) is 0 Å². The van der Waals surface area contributed by atoms with E-state index in [1.54, 1.807) is 22.7 Å². The third-order valence-electron chi connectivity index (χ3n) is 4.44. The van der Waals surface area contributed by atoms with Crippen LogP contribution in [0.1, 0.15) is 29.5 Å². The summed E-state index contributed by atoms with van der Waals surface area (Å²) in [5.41, 5.74) is -0.714. The largest absolute Gasteiger partial charge is 0.333 e. The van der Waals surface area contributed by atoms with Crippen molar-refractivity contribution in [2.45, 2.75) is 38.4 Å². The van der Waals surface area contributed by atoms with Gasteiger partial charge in [-0.3, -0.25) is 4.79 Å². The third-order valence-corrected chi connectivity index (χ3v) is 6.20. The average molecular weight is 361 g/mol. The Labute approximate surface area is 150 Å². The first-order chi connectivity index (χ1) is 11.6. The van der Waals surface area contributed by atoms with E-state index < -0.39 is 5.54 Å². The molecule has 1 saturated carbocycles. The smallest absolute Gasteiger partial charge is 0.276 e. The van der Waals surface area contributed by atoms with Crippen LogP contribution >= 0.6 is 22.7 Å². The molecule has 1 aliphatic carbocycles. The summed E-state index contributed by atoms with van der Waals surface area (Å²) < 4.78 is 0. The fraction of sp³-hybridized carbons (Fsp3) is 0.444. The molecule has 126 valence electrons. The van der Waals surface area contributed by atoms with E-state index in [-0.39, 0.29) is 5.91 Å². The molecule has 2 aromatic rings. The molecule has 0 aromatic carbocycles. The maximum absolute atomic E-state index is 12.5. The van der Waals surface area contributed by atoms with Gasteiger partial charge in [-0.25, -0.2) is 0 Å². The SMILES string of the molecule is C[C@](C#N)(NC(=O)C[NH+](Cc1cccs1)Cc1cccs1)C1CC1. The van der Waals surface area contributed by atoms with Gasteiger partial charge in [-0.05, 0) is 48.6 Å². The lowest BCUT2D eigenvalue weighted by Gasteiger charge is -2.24. The predicted octanol–water partition coefficient (Wildman–Crippen LogP) is 2.20. The van der Waals surface area contributed by atoms with Crippen molar-refractivity contribution in [3.63, 3.8) is 0 Å². The van der Waals surface area contributed by atoms with Crippen molar-refractivity contribution >= 4 is 28.6 Å². The minimum Gasteiger partial charge on any atom is -0.333 e. The van der Waals surface area contributed by atoms with Gasteiger partial charge in [0.25, 0.3) is 5.91 Å². The Bertz CT molecular complexity index is 665. The number of hydrogen-bond donors (Lipinski definition) is 2. The summed E-state index contributed by atoms with van der Waals surface area (Å²) in [6.07, 6.45) is 2.07. The molecule has 2 N–H and O–H groups in total. The number of amides is 1. The van der Waals surface area contributed by atoms with E-state index in [2.05, 4.69) is 34.3 Å². The molecule has 6 heteroatoms. The highest BCUT2D eigenvalue weighted by Crippen LogP contribution is 2.39. The van der Waals surface area contributed by atoms with Gasteiger partial charge in [0.1, 0.15) is 18.6 Å². The quantitative estimate of drug-likeness (QED) is 0.758. The van der Waals surface area contributed by atoms with Crippen LogP contribution in [0, 0.1) is 17.2 Å². The van der Waals surface area contributed by atoms with E-state index in [1.807, 2.05) is 19.1 Å². The van der Waals surface area contributed by atoms with Crippen molar-refractivity contribution in [1.82, 2.24) is 5.32 Å². The zero-order chi connectivity index (χ0) is 17.0. The molecule has 2 heterocycles. The van der Waals surface area contributed by atoms with Gasteiger partial charge in [-0.1, -0.05) is 12.1 Å². The van der Waals surface area contributed by atoms with Crippen LogP contribution in [0.4, 0.5) is 0 Å². The topological polar surface area (TPSA) is 57.3 Å². The van der Waals surface area contributed by atoms with Crippen LogP contribution < -0.4 is 10.2 Å². The van der Waals surface area contributed by atoms with E-state index >= 15 is 0 Å². The molecule has 0 radical (unpaired) electrons. The number of nitrogens with one attached hydrogen (secondary N) is 2. The molecule has 0 spiro atoms. The molecule has 0 aliphatic heterocycles. The second kappa shape index (κ2) is 7.47. The average Bonchev–Trinajstić information content (AvgIpc) is 3.07. The normalized spacial score (nSPS) is 16.5. The summed E-state index contributed by atoms with van der Waals surface area (Å²) in [5, 5.41) is 16.5. The molecule has 2 aromatic heterocycles. The second-order valence-corrected chi connectivity index (χ2v) is 8.64. The fourth-order valence-corrected chi connectivity index (χ4v) is 4.50. The zero-order valence-corrected chi connectivity index (χ0v) is 15.4. The first-order valence-corrected chi connectivity index (χ1v) is 9.95. The Balaban J connectivity index is 1.64. The van der Waals surface area contributed by atoms with Gasteiger partial charge in [0.05, 0.1) is 15.8 Å². The van der Waals surface area contributed by atoms with Crippen LogP contribution in [0.25, 0.3) is 0 Å². The molecule has 0 unspecified atom stereocenters. The van der Waals surface area contributed by atoms with Crippen molar-refractivity contribution in [2.75, 3.05) is 6.54 Å². The molecular weight excluding hydrogens is 338 g/mol. The van der Waals surface area contributed by atoms with E-state index in [0.29, 0.717) is 12.5 Å². The summed E-state index contributed by atoms with van der Waals surface area (Å²) in [6, 6.07) is 10.6. The fourth-order valence-electron chi connectivity index (χ4n) is 2.95. The Morgan fingerprint density at radius 1 is 1.29 bits per heavy atom. The van der Waals surface area contributed by atoms with Crippen LogP contribution in [0.2, 0.25) is 0 Å². The number of rotatable bonds is 8. The summed E-state index contributed by atoms with van der Waals surface area (Å²) >= 11 is 3.44. The second-order valence-electron chi connectivity index (χ2n) is 6.58. The summed E-state index contributed by atoms with van der Waals surface area (Å²) in [7, 11) is 0. The first kappa shape index (κ1) is 17.2. The van der Waals surface area contributed by atoms with E-state index in [4.69, 9.17) is 0 Å². The van der Waals surface area contributed by atoms with Gasteiger partial charge in [-0.2, -0.15) is 5.26 Å². The van der Waals surface area contributed by atoms with Crippen LogP contribution in [0.3, 0.4) is 0 Å². The predicted molar refractivity (Wildman–Crippen MR) is 96.8 cm³/mol. The summed E-state index contributed by atoms with van der Waals surface area (Å²) in [5.74, 6) is 0.276. The van der Waals surface area contributed by atoms with E-state index in [0.717, 1.165) is 25.9 Å². The van der Waals surface area contributed by atoms with Gasteiger partial charge >= 0.3 is 0 Å². The van der Waals surface area contributed by atoms with Crippen LogP contribution in [0.5, 0.6) is 0 Å². The van der Waals surface area contributed by atoms with Crippen molar-refractivity contribution in [1.29, 1.82) is 5.26 Å². The molecule has 0 saturated heterocycles. The number of carbonyl (C=O) groups is 1. The number of quaternary nitrogens is 1. The van der Waals surface area contributed by atoms with Crippen LogP contribution in [-0.2, 0) is 17.9 Å². The highest BCUT2D eigenvalue weighted by Gasteiger charge is 2.43. The lowest BCUT2D eigenvalue weighted by molar-refractivity contribution is -0.919.